The second kappa shape index (κ2) is 12.8. The van der Waals surface area contributed by atoms with Crippen LogP contribution >= 0.6 is 0 Å². The van der Waals surface area contributed by atoms with Gasteiger partial charge in [0.25, 0.3) is 0 Å². The molecule has 0 bridgehead atoms. The first-order valence-corrected chi connectivity index (χ1v) is 16.4. The number of rotatable bonds is 7. The van der Waals surface area contributed by atoms with Crippen LogP contribution in [0, 0.1) is 0 Å². The largest absolute Gasteiger partial charge is 0.508 e. The zero-order valence-corrected chi connectivity index (χ0v) is 27.5. The summed E-state index contributed by atoms with van der Waals surface area (Å²) in [6.45, 7) is -0.870. The number of hydrogen-bond donors (Lipinski definition) is 9. The average Bonchev–Trinajstić information content (AvgIpc) is 3.57. The molecule has 0 amide bonds. The monoisotopic (exact) mass is 716 g/mol. The molecule has 1 aliphatic carbocycles. The number of phenolic OH excluding ortho intramolecular Hbond substituents is 3. The number of benzene rings is 3. The number of nitrogens with two attached hydrogens (primary N) is 2. The van der Waals surface area contributed by atoms with Crippen LogP contribution in [0.3, 0.4) is 0 Å². The second-order valence-corrected chi connectivity index (χ2v) is 13.3. The Labute approximate surface area is 294 Å². The molecule has 272 valence electrons. The summed E-state index contributed by atoms with van der Waals surface area (Å²) in [4.78, 5) is 34.3. The molecule has 7 rings (SSSR count). The number of aliphatic hydroxyl groups excluding tert-OH is 2. The standard InChI is InChI=1S/C36H36N4O12/c37-34(38)39-15-36(49)30(45)29(32(47)48)52-33(31(36)46)51-25-14-24-26(28(44)27(25)43)22(42)13-23(50-24)18-8-7-17(41)12-19(18)21-11-16-5-1-2-6-20(16)35(40-21)9-3-4-10-35/h1-2,5-8,12-14,29-31,33,41,43-46,49H,3-4,9-11,15H2,(H,47,48)(H4,37,38,39)/t29-,30+,31-,33-,36-/m0/s1. The molecule has 5 atom stereocenters. The number of carboxylic acids is 1. The lowest BCUT2D eigenvalue weighted by Gasteiger charge is -2.45. The Balaban J connectivity index is 1.31. The molecular formula is C36H36N4O12. The number of carbonyl (C=O) groups is 1. The number of aliphatic imine (C=N–C) groups is 2. The number of fused-ring (bicyclic) bond motifs is 3. The first-order chi connectivity index (χ1) is 24.7. The summed E-state index contributed by atoms with van der Waals surface area (Å²) in [6.07, 6.45) is -4.55. The highest BCUT2D eigenvalue weighted by Crippen LogP contribution is 2.48. The molecule has 16 nitrogen and oxygen atoms in total. The summed E-state index contributed by atoms with van der Waals surface area (Å²) in [5, 5.41) is 74.4. The zero-order chi connectivity index (χ0) is 37.1. The lowest BCUT2D eigenvalue weighted by atomic mass is 9.79. The smallest absolute Gasteiger partial charge is 0.335 e. The minimum absolute atomic E-state index is 0.0141. The van der Waals surface area contributed by atoms with Gasteiger partial charge < -0.3 is 61.1 Å². The molecule has 3 aromatic carbocycles. The minimum atomic E-state index is -2.72. The Morgan fingerprint density at radius 3 is 2.42 bits per heavy atom. The summed E-state index contributed by atoms with van der Waals surface area (Å²) in [5.74, 6) is -4.93. The van der Waals surface area contributed by atoms with Gasteiger partial charge in [0.15, 0.2) is 29.0 Å². The van der Waals surface area contributed by atoms with E-state index in [1.807, 2.05) is 18.2 Å². The van der Waals surface area contributed by atoms with E-state index in [0.717, 1.165) is 43.4 Å². The lowest BCUT2D eigenvalue weighted by Crippen LogP contribution is -2.70. The number of hydrogen-bond acceptors (Lipinski definition) is 13. The van der Waals surface area contributed by atoms with E-state index in [9.17, 15) is 45.3 Å². The van der Waals surface area contributed by atoms with Gasteiger partial charge in [0.1, 0.15) is 40.3 Å². The van der Waals surface area contributed by atoms with Gasteiger partial charge in [0, 0.05) is 35.4 Å². The predicted molar refractivity (Wildman–Crippen MR) is 184 cm³/mol. The molecule has 1 spiro atoms. The number of carboxylic acid groups (broad SMARTS) is 1. The Bertz CT molecular complexity index is 2210. The fraction of sp³-hybridized carbons (Fsp3) is 0.333. The maximum Gasteiger partial charge on any atom is 0.335 e. The zero-order valence-electron chi connectivity index (χ0n) is 27.5. The molecule has 3 heterocycles. The van der Waals surface area contributed by atoms with Crippen molar-refractivity contribution in [3.05, 3.63) is 81.5 Å². The Morgan fingerprint density at radius 2 is 1.71 bits per heavy atom. The number of nitrogens with zero attached hydrogens (tertiary/aromatic N) is 2. The predicted octanol–water partition coefficient (Wildman–Crippen LogP) is 1.31. The maximum atomic E-state index is 13.5. The molecule has 0 unspecified atom stereocenters. The first-order valence-electron chi connectivity index (χ1n) is 16.4. The van der Waals surface area contributed by atoms with Gasteiger partial charge >= 0.3 is 5.97 Å². The van der Waals surface area contributed by atoms with Crippen LogP contribution in [0.4, 0.5) is 0 Å². The summed E-state index contributed by atoms with van der Waals surface area (Å²) in [6, 6.07) is 14.8. The summed E-state index contributed by atoms with van der Waals surface area (Å²) < 4.78 is 17.0. The number of ether oxygens (including phenoxy) is 2. The third-order valence-electron chi connectivity index (χ3n) is 10.0. The van der Waals surface area contributed by atoms with Crippen molar-refractivity contribution in [2.45, 2.75) is 67.8 Å². The molecule has 3 aliphatic rings. The van der Waals surface area contributed by atoms with Crippen LogP contribution in [0.25, 0.3) is 22.3 Å². The number of aliphatic hydroxyl groups is 3. The number of guanidine groups is 1. The second-order valence-electron chi connectivity index (χ2n) is 13.3. The highest BCUT2D eigenvalue weighted by atomic mass is 16.7. The molecule has 1 saturated heterocycles. The van der Waals surface area contributed by atoms with Crippen LogP contribution in [0.15, 0.2) is 73.8 Å². The van der Waals surface area contributed by atoms with E-state index in [2.05, 4.69) is 11.1 Å². The van der Waals surface area contributed by atoms with Gasteiger partial charge in [-0.3, -0.25) is 14.8 Å². The van der Waals surface area contributed by atoms with Crippen molar-refractivity contribution in [3.8, 4) is 34.3 Å². The van der Waals surface area contributed by atoms with Crippen LogP contribution < -0.4 is 21.6 Å². The van der Waals surface area contributed by atoms with Gasteiger partial charge in [-0.15, -0.1) is 0 Å². The van der Waals surface area contributed by atoms with Gasteiger partial charge in [0.2, 0.25) is 12.0 Å². The number of aromatic hydroxyl groups is 3. The molecule has 2 aliphatic heterocycles. The van der Waals surface area contributed by atoms with E-state index >= 15 is 0 Å². The van der Waals surface area contributed by atoms with Crippen LogP contribution in [0.1, 0.15) is 42.4 Å². The van der Waals surface area contributed by atoms with Gasteiger partial charge in [-0.1, -0.05) is 37.1 Å². The highest BCUT2D eigenvalue weighted by molar-refractivity contribution is 6.08. The fourth-order valence-electron chi connectivity index (χ4n) is 7.42. The summed E-state index contributed by atoms with van der Waals surface area (Å²) >= 11 is 0. The van der Waals surface area contributed by atoms with Crippen LogP contribution in [-0.4, -0.2) is 90.1 Å². The molecule has 16 heteroatoms. The van der Waals surface area contributed by atoms with E-state index in [4.69, 9.17) is 30.4 Å². The van der Waals surface area contributed by atoms with Gasteiger partial charge in [-0.25, -0.2) is 4.79 Å². The molecule has 11 N–H and O–H groups in total. The van der Waals surface area contributed by atoms with Crippen molar-refractivity contribution in [2.24, 2.45) is 21.5 Å². The van der Waals surface area contributed by atoms with Crippen molar-refractivity contribution in [1.29, 1.82) is 0 Å². The van der Waals surface area contributed by atoms with E-state index in [0.29, 0.717) is 23.3 Å². The number of aliphatic carboxylic acids is 1. The SMILES string of the molecule is NC(N)=NC[C@]1(O)[C@H](O)[C@@H](C(=O)O)O[C@H](Oc2cc3oc(-c4ccc(O)cc4C4=NC5(CCCC5)c5ccccc5C4)cc(=O)c3c(O)c2O)[C@@H]1O. The molecule has 52 heavy (non-hydrogen) atoms. The van der Waals surface area contributed by atoms with Crippen LogP contribution in [0.5, 0.6) is 23.0 Å². The van der Waals surface area contributed by atoms with Gasteiger partial charge in [-0.05, 0) is 42.2 Å². The minimum Gasteiger partial charge on any atom is -0.508 e. The average molecular weight is 717 g/mol. The first kappa shape index (κ1) is 34.8. The van der Waals surface area contributed by atoms with Crippen molar-refractivity contribution >= 4 is 28.6 Å². The topological polar surface area (TPSA) is 284 Å². The van der Waals surface area contributed by atoms with E-state index < -0.39 is 82.3 Å². The van der Waals surface area contributed by atoms with E-state index in [-0.39, 0.29) is 17.1 Å². The molecule has 2 fully saturated rings. The number of phenols is 3. The molecule has 4 aromatic rings. The van der Waals surface area contributed by atoms with Crippen LogP contribution in [0.2, 0.25) is 0 Å². The molecule has 1 aromatic heterocycles. The Hall–Kier alpha value is -5.68. The molecule has 0 radical (unpaired) electrons. The molecular weight excluding hydrogens is 680 g/mol. The fourth-order valence-corrected chi connectivity index (χ4v) is 7.42. The lowest BCUT2D eigenvalue weighted by molar-refractivity contribution is -0.303. The van der Waals surface area contributed by atoms with E-state index in [1.54, 1.807) is 6.07 Å². The summed E-state index contributed by atoms with van der Waals surface area (Å²) in [5.41, 5.74) is 10.3. The Kier molecular flexibility index (Phi) is 8.57. The quantitative estimate of drug-likeness (QED) is 0.0741. The van der Waals surface area contributed by atoms with Crippen LogP contribution in [-0.2, 0) is 21.5 Å². The van der Waals surface area contributed by atoms with E-state index in [1.165, 1.54) is 17.7 Å². The molecule has 1 saturated carbocycles. The van der Waals surface area contributed by atoms with Crippen molar-refractivity contribution in [1.82, 2.24) is 0 Å². The summed E-state index contributed by atoms with van der Waals surface area (Å²) in [7, 11) is 0. The van der Waals surface area contributed by atoms with Gasteiger partial charge in [-0.2, -0.15) is 0 Å². The van der Waals surface area contributed by atoms with Crippen molar-refractivity contribution in [2.75, 3.05) is 6.54 Å². The van der Waals surface area contributed by atoms with Crippen molar-refractivity contribution < 1.29 is 54.4 Å². The normalized spacial score (nSPS) is 25.0. The Morgan fingerprint density at radius 1 is 0.981 bits per heavy atom. The third-order valence-corrected chi connectivity index (χ3v) is 10.0. The third kappa shape index (κ3) is 5.75. The van der Waals surface area contributed by atoms with Crippen molar-refractivity contribution in [3.63, 3.8) is 0 Å². The highest BCUT2D eigenvalue weighted by Gasteiger charge is 2.58. The van der Waals surface area contributed by atoms with Gasteiger partial charge in [0.05, 0.1) is 12.1 Å². The maximum absolute atomic E-state index is 13.5.